The lowest BCUT2D eigenvalue weighted by atomic mass is 9.85. The van der Waals surface area contributed by atoms with Crippen LogP contribution in [0.2, 0.25) is 5.02 Å². The highest BCUT2D eigenvalue weighted by atomic mass is 35.5. The molecule has 0 aliphatic heterocycles. The lowest BCUT2D eigenvalue weighted by Crippen LogP contribution is -2.32. The van der Waals surface area contributed by atoms with Crippen molar-refractivity contribution in [1.29, 1.82) is 0 Å². The van der Waals surface area contributed by atoms with Gasteiger partial charge in [0, 0.05) is 17.5 Å². The Kier molecular flexibility index (Phi) is 4.35. The average molecular weight is 306 g/mol. The summed E-state index contributed by atoms with van der Waals surface area (Å²) in [6.45, 7) is 4.62. The van der Waals surface area contributed by atoms with E-state index in [1.165, 1.54) is 5.56 Å². The van der Waals surface area contributed by atoms with Gasteiger partial charge in [0.05, 0.1) is 0 Å². The number of fused-ring (bicyclic) bond motifs is 1. The molecule has 0 bridgehead atoms. The minimum absolute atomic E-state index is 0.00868. The first-order valence-corrected chi connectivity index (χ1v) is 7.15. The molecule has 112 valence electrons. The van der Waals surface area contributed by atoms with Crippen LogP contribution in [0.3, 0.4) is 0 Å². The highest BCUT2D eigenvalue weighted by Gasteiger charge is 2.38. The van der Waals surface area contributed by atoms with Crippen LogP contribution in [0.4, 0.5) is 13.2 Å². The van der Waals surface area contributed by atoms with Crippen molar-refractivity contribution in [2.24, 2.45) is 5.41 Å². The lowest BCUT2D eigenvalue weighted by molar-refractivity contribution is -0.135. The SMILES string of the molecule is CC1(C)Cc2ccc(Cl)cc2C1NCCCC(F)(F)F. The number of rotatable bonds is 4. The van der Waals surface area contributed by atoms with Crippen LogP contribution in [-0.4, -0.2) is 12.7 Å². The Morgan fingerprint density at radius 1 is 1.35 bits per heavy atom. The van der Waals surface area contributed by atoms with Crippen molar-refractivity contribution in [3.63, 3.8) is 0 Å². The van der Waals surface area contributed by atoms with Gasteiger partial charge in [0.25, 0.3) is 0 Å². The Morgan fingerprint density at radius 3 is 2.70 bits per heavy atom. The van der Waals surface area contributed by atoms with E-state index in [1.54, 1.807) is 0 Å². The fraction of sp³-hybridized carbons (Fsp3) is 0.600. The molecule has 1 N–H and O–H groups in total. The molecule has 1 nitrogen and oxygen atoms in total. The molecule has 0 fully saturated rings. The smallest absolute Gasteiger partial charge is 0.309 e. The van der Waals surface area contributed by atoms with Gasteiger partial charge in [-0.25, -0.2) is 0 Å². The lowest BCUT2D eigenvalue weighted by Gasteiger charge is -2.29. The van der Waals surface area contributed by atoms with Crippen molar-refractivity contribution in [2.45, 2.75) is 45.3 Å². The summed E-state index contributed by atoms with van der Waals surface area (Å²) in [7, 11) is 0. The van der Waals surface area contributed by atoms with E-state index in [-0.39, 0.29) is 17.9 Å². The molecule has 1 aliphatic rings. The van der Waals surface area contributed by atoms with Crippen molar-refractivity contribution < 1.29 is 13.2 Å². The maximum Gasteiger partial charge on any atom is 0.389 e. The minimum atomic E-state index is -4.08. The predicted octanol–water partition coefficient (Wildman–Crippen LogP) is 4.90. The summed E-state index contributed by atoms with van der Waals surface area (Å²) in [5.41, 5.74) is 2.34. The molecule has 0 saturated carbocycles. The molecule has 2 rings (SSSR count). The second-order valence-corrected chi connectivity index (χ2v) is 6.55. The first kappa shape index (κ1) is 15.6. The molecule has 1 aromatic carbocycles. The van der Waals surface area contributed by atoms with E-state index in [0.717, 1.165) is 12.0 Å². The standard InChI is InChI=1S/C15H19ClF3N/c1-14(2)9-10-4-5-11(16)8-12(10)13(14)20-7-3-6-15(17,18)19/h4-5,8,13,20H,3,6-7,9H2,1-2H3. The van der Waals surface area contributed by atoms with Gasteiger partial charge >= 0.3 is 6.18 Å². The largest absolute Gasteiger partial charge is 0.389 e. The molecule has 1 aliphatic carbocycles. The fourth-order valence-corrected chi connectivity index (χ4v) is 3.11. The summed E-state index contributed by atoms with van der Waals surface area (Å²) in [5.74, 6) is 0. The van der Waals surface area contributed by atoms with Gasteiger partial charge in [0.2, 0.25) is 0 Å². The van der Waals surface area contributed by atoms with Crippen LogP contribution < -0.4 is 5.32 Å². The number of nitrogens with one attached hydrogen (secondary N) is 1. The van der Waals surface area contributed by atoms with Gasteiger partial charge in [0.1, 0.15) is 0 Å². The normalized spacial score (nSPS) is 21.0. The molecular weight excluding hydrogens is 287 g/mol. The van der Waals surface area contributed by atoms with Crippen LogP contribution in [0.1, 0.15) is 43.9 Å². The maximum absolute atomic E-state index is 12.2. The van der Waals surface area contributed by atoms with Gasteiger partial charge in [0.15, 0.2) is 0 Å². The monoisotopic (exact) mass is 305 g/mol. The first-order valence-electron chi connectivity index (χ1n) is 6.77. The van der Waals surface area contributed by atoms with Crippen molar-refractivity contribution in [2.75, 3.05) is 6.54 Å². The zero-order valence-corrected chi connectivity index (χ0v) is 12.4. The summed E-state index contributed by atoms with van der Waals surface area (Å²) in [6.07, 6.45) is -3.80. The Hall–Kier alpha value is -0.740. The maximum atomic E-state index is 12.2. The van der Waals surface area contributed by atoms with Crippen molar-refractivity contribution in [3.8, 4) is 0 Å². The molecule has 20 heavy (non-hydrogen) atoms. The third kappa shape index (κ3) is 3.67. The van der Waals surface area contributed by atoms with Crippen LogP contribution in [-0.2, 0) is 6.42 Å². The van der Waals surface area contributed by atoms with Crippen LogP contribution in [0.5, 0.6) is 0 Å². The molecule has 0 heterocycles. The number of halogens is 4. The third-order valence-corrected chi connectivity index (χ3v) is 4.07. The number of benzene rings is 1. The Morgan fingerprint density at radius 2 is 2.05 bits per heavy atom. The Bertz CT molecular complexity index is 482. The summed E-state index contributed by atoms with van der Waals surface area (Å²) < 4.78 is 36.5. The molecule has 0 radical (unpaired) electrons. The minimum Gasteiger partial charge on any atom is -0.309 e. The molecule has 0 amide bonds. The molecule has 1 aromatic rings. The van der Waals surface area contributed by atoms with Crippen LogP contribution >= 0.6 is 11.6 Å². The highest BCUT2D eigenvalue weighted by molar-refractivity contribution is 6.30. The van der Waals surface area contributed by atoms with E-state index in [2.05, 4.69) is 19.2 Å². The summed E-state index contributed by atoms with van der Waals surface area (Å²) in [4.78, 5) is 0. The average Bonchev–Trinajstić information content (AvgIpc) is 2.54. The van der Waals surface area contributed by atoms with Crippen LogP contribution in [0.15, 0.2) is 18.2 Å². The molecule has 1 unspecified atom stereocenters. The molecule has 5 heteroatoms. The van der Waals surface area contributed by atoms with Crippen LogP contribution in [0.25, 0.3) is 0 Å². The Labute approximate surface area is 122 Å². The van der Waals surface area contributed by atoms with E-state index in [0.29, 0.717) is 11.6 Å². The number of hydrogen-bond acceptors (Lipinski definition) is 1. The van der Waals surface area contributed by atoms with E-state index in [1.807, 2.05) is 18.2 Å². The van der Waals surface area contributed by atoms with Crippen LogP contribution in [0, 0.1) is 5.41 Å². The number of alkyl halides is 3. The van der Waals surface area contributed by atoms with E-state index < -0.39 is 12.6 Å². The second kappa shape index (κ2) is 5.57. The molecule has 0 saturated heterocycles. The number of hydrogen-bond donors (Lipinski definition) is 1. The Balaban J connectivity index is 2.02. The molecule has 1 atom stereocenters. The molecule has 0 spiro atoms. The predicted molar refractivity (Wildman–Crippen MR) is 75.0 cm³/mol. The topological polar surface area (TPSA) is 12.0 Å². The van der Waals surface area contributed by atoms with Gasteiger partial charge in [-0.15, -0.1) is 0 Å². The van der Waals surface area contributed by atoms with Gasteiger partial charge in [-0.2, -0.15) is 13.2 Å². The summed E-state index contributed by atoms with van der Waals surface area (Å²) in [6, 6.07) is 5.86. The third-order valence-electron chi connectivity index (χ3n) is 3.83. The van der Waals surface area contributed by atoms with Crippen molar-refractivity contribution in [3.05, 3.63) is 34.3 Å². The van der Waals surface area contributed by atoms with Crippen molar-refractivity contribution >= 4 is 11.6 Å². The first-order chi connectivity index (χ1) is 9.19. The summed E-state index contributed by atoms with van der Waals surface area (Å²) >= 11 is 6.03. The van der Waals surface area contributed by atoms with E-state index in [4.69, 9.17) is 11.6 Å². The zero-order chi connectivity index (χ0) is 15.0. The molecular formula is C15H19ClF3N. The van der Waals surface area contributed by atoms with E-state index in [9.17, 15) is 13.2 Å². The quantitative estimate of drug-likeness (QED) is 0.781. The molecule has 0 aromatic heterocycles. The van der Waals surface area contributed by atoms with Gasteiger partial charge in [-0.1, -0.05) is 31.5 Å². The van der Waals surface area contributed by atoms with Gasteiger partial charge in [-0.3, -0.25) is 0 Å². The van der Waals surface area contributed by atoms with Gasteiger partial charge in [-0.05, 0) is 48.1 Å². The second-order valence-electron chi connectivity index (χ2n) is 6.11. The highest BCUT2D eigenvalue weighted by Crippen LogP contribution is 2.45. The van der Waals surface area contributed by atoms with E-state index >= 15 is 0 Å². The zero-order valence-electron chi connectivity index (χ0n) is 11.6. The fourth-order valence-electron chi connectivity index (χ4n) is 2.93. The van der Waals surface area contributed by atoms with Gasteiger partial charge < -0.3 is 5.32 Å². The van der Waals surface area contributed by atoms with Crippen molar-refractivity contribution in [1.82, 2.24) is 5.32 Å². The summed E-state index contributed by atoms with van der Waals surface area (Å²) in [5, 5.41) is 3.94.